The number of halogens is 1. The molecular weight excluding hydrogens is 316 g/mol. The highest BCUT2D eigenvalue weighted by molar-refractivity contribution is 9.10. The van der Waals surface area contributed by atoms with Gasteiger partial charge in [0.25, 0.3) is 5.91 Å². The minimum atomic E-state index is 0.0121. The highest BCUT2D eigenvalue weighted by Crippen LogP contribution is 2.31. The van der Waals surface area contributed by atoms with Gasteiger partial charge >= 0.3 is 0 Å². The van der Waals surface area contributed by atoms with Crippen molar-refractivity contribution in [2.75, 3.05) is 20.6 Å². The van der Waals surface area contributed by atoms with E-state index in [1.807, 2.05) is 24.3 Å². The molecule has 4 heteroatoms. The monoisotopic (exact) mass is 338 g/mol. The van der Waals surface area contributed by atoms with Gasteiger partial charge in [-0.15, -0.1) is 0 Å². The Morgan fingerprint density at radius 3 is 2.60 bits per heavy atom. The zero-order valence-corrected chi connectivity index (χ0v) is 13.9. The van der Waals surface area contributed by atoms with Crippen LogP contribution in [0.4, 0.5) is 0 Å². The van der Waals surface area contributed by atoms with Crippen LogP contribution in [0, 0.1) is 0 Å². The summed E-state index contributed by atoms with van der Waals surface area (Å²) in [5.41, 5.74) is 0.837. The standard InChI is InChI=1S/C16H23BrN2O/c1-19(2)16(9-4-3-5-10-16)12-18-15(20)13-7-6-8-14(17)11-13/h6-8,11H,3-5,9-10,12H2,1-2H3,(H,18,20). The number of likely N-dealkylation sites (N-methyl/N-ethyl adjacent to an activating group) is 1. The normalized spacial score (nSPS) is 18.0. The number of hydrogen-bond donors (Lipinski definition) is 1. The SMILES string of the molecule is CN(C)C1(CNC(=O)c2cccc(Br)c2)CCCCC1. The van der Waals surface area contributed by atoms with Gasteiger partial charge in [0.2, 0.25) is 0 Å². The van der Waals surface area contributed by atoms with Crippen LogP contribution in [0.3, 0.4) is 0 Å². The third-order valence-electron chi connectivity index (χ3n) is 4.40. The van der Waals surface area contributed by atoms with Crippen LogP contribution in [-0.2, 0) is 0 Å². The third kappa shape index (κ3) is 3.61. The van der Waals surface area contributed by atoms with E-state index in [4.69, 9.17) is 0 Å². The van der Waals surface area contributed by atoms with Gasteiger partial charge in [0.1, 0.15) is 0 Å². The minimum absolute atomic E-state index is 0.0121. The van der Waals surface area contributed by atoms with E-state index in [2.05, 4.69) is 40.2 Å². The number of nitrogens with one attached hydrogen (secondary N) is 1. The van der Waals surface area contributed by atoms with E-state index in [9.17, 15) is 4.79 Å². The molecule has 0 aromatic heterocycles. The van der Waals surface area contributed by atoms with Crippen molar-refractivity contribution in [3.05, 3.63) is 34.3 Å². The molecule has 1 fully saturated rings. The van der Waals surface area contributed by atoms with Gasteiger partial charge in [-0.3, -0.25) is 4.79 Å². The first-order valence-corrected chi connectivity index (χ1v) is 8.04. The summed E-state index contributed by atoms with van der Waals surface area (Å²) >= 11 is 3.40. The maximum Gasteiger partial charge on any atom is 0.251 e. The second kappa shape index (κ2) is 6.72. The van der Waals surface area contributed by atoms with Crippen LogP contribution in [0.1, 0.15) is 42.5 Å². The lowest BCUT2D eigenvalue weighted by Gasteiger charge is -2.43. The summed E-state index contributed by atoms with van der Waals surface area (Å²) in [6.07, 6.45) is 6.16. The zero-order chi connectivity index (χ0) is 14.6. The van der Waals surface area contributed by atoms with Crippen molar-refractivity contribution in [1.82, 2.24) is 10.2 Å². The minimum Gasteiger partial charge on any atom is -0.350 e. The summed E-state index contributed by atoms with van der Waals surface area (Å²) in [6, 6.07) is 7.53. The molecule has 1 amide bonds. The van der Waals surface area contributed by atoms with E-state index in [-0.39, 0.29) is 11.4 Å². The summed E-state index contributed by atoms with van der Waals surface area (Å²) < 4.78 is 0.935. The van der Waals surface area contributed by atoms with Crippen LogP contribution in [-0.4, -0.2) is 37.0 Å². The number of carbonyl (C=O) groups is 1. The predicted octanol–water partition coefficient (Wildman–Crippen LogP) is 3.44. The molecule has 0 bridgehead atoms. The molecule has 0 atom stereocenters. The Morgan fingerprint density at radius 2 is 2.00 bits per heavy atom. The Hall–Kier alpha value is -0.870. The molecule has 1 aliphatic carbocycles. The van der Waals surface area contributed by atoms with Gasteiger partial charge in [0.05, 0.1) is 0 Å². The number of amides is 1. The Morgan fingerprint density at radius 1 is 1.30 bits per heavy atom. The van der Waals surface area contributed by atoms with Crippen molar-refractivity contribution in [3.8, 4) is 0 Å². The molecule has 1 N–H and O–H groups in total. The molecule has 1 aromatic rings. The van der Waals surface area contributed by atoms with E-state index in [1.165, 1.54) is 32.1 Å². The lowest BCUT2D eigenvalue weighted by Crippen LogP contribution is -2.53. The fourth-order valence-corrected chi connectivity index (χ4v) is 3.37. The average Bonchev–Trinajstić information content (AvgIpc) is 2.45. The molecule has 0 saturated heterocycles. The first-order valence-electron chi connectivity index (χ1n) is 7.25. The van der Waals surface area contributed by atoms with Crippen LogP contribution >= 0.6 is 15.9 Å². The first kappa shape index (κ1) is 15.5. The molecule has 110 valence electrons. The number of nitrogens with zero attached hydrogens (tertiary/aromatic N) is 1. The van der Waals surface area contributed by atoms with Crippen molar-refractivity contribution >= 4 is 21.8 Å². The topological polar surface area (TPSA) is 32.3 Å². The second-order valence-corrected chi connectivity index (χ2v) is 6.79. The highest BCUT2D eigenvalue weighted by Gasteiger charge is 2.34. The zero-order valence-electron chi connectivity index (χ0n) is 12.3. The fourth-order valence-electron chi connectivity index (χ4n) is 2.97. The summed E-state index contributed by atoms with van der Waals surface area (Å²) in [5.74, 6) is 0.0121. The van der Waals surface area contributed by atoms with Crippen molar-refractivity contribution in [3.63, 3.8) is 0 Å². The van der Waals surface area contributed by atoms with Crippen molar-refractivity contribution in [2.45, 2.75) is 37.6 Å². The molecule has 1 saturated carbocycles. The van der Waals surface area contributed by atoms with Crippen LogP contribution < -0.4 is 5.32 Å². The number of rotatable bonds is 4. The molecule has 0 radical (unpaired) electrons. The third-order valence-corrected chi connectivity index (χ3v) is 4.89. The number of hydrogen-bond acceptors (Lipinski definition) is 2. The molecule has 20 heavy (non-hydrogen) atoms. The fraction of sp³-hybridized carbons (Fsp3) is 0.562. The van der Waals surface area contributed by atoms with E-state index < -0.39 is 0 Å². The Labute approximate surface area is 129 Å². The summed E-state index contributed by atoms with van der Waals surface area (Å²) in [6.45, 7) is 0.728. The molecule has 0 aliphatic heterocycles. The van der Waals surface area contributed by atoms with Crippen LogP contribution in [0.2, 0.25) is 0 Å². The molecule has 3 nitrogen and oxygen atoms in total. The van der Waals surface area contributed by atoms with Crippen molar-refractivity contribution in [2.24, 2.45) is 0 Å². The van der Waals surface area contributed by atoms with Gasteiger partial charge in [0.15, 0.2) is 0 Å². The predicted molar refractivity (Wildman–Crippen MR) is 86.0 cm³/mol. The van der Waals surface area contributed by atoms with Gasteiger partial charge < -0.3 is 10.2 Å². The lowest BCUT2D eigenvalue weighted by molar-refractivity contribution is 0.0799. The smallest absolute Gasteiger partial charge is 0.251 e. The summed E-state index contributed by atoms with van der Waals surface area (Å²) in [5, 5.41) is 3.12. The first-order chi connectivity index (χ1) is 9.53. The molecule has 1 aliphatic rings. The van der Waals surface area contributed by atoms with Crippen molar-refractivity contribution < 1.29 is 4.79 Å². The van der Waals surface area contributed by atoms with Gasteiger partial charge in [-0.2, -0.15) is 0 Å². The highest BCUT2D eigenvalue weighted by atomic mass is 79.9. The quantitative estimate of drug-likeness (QED) is 0.911. The molecule has 0 heterocycles. The maximum absolute atomic E-state index is 12.3. The Balaban J connectivity index is 2.00. The van der Waals surface area contributed by atoms with E-state index in [0.717, 1.165) is 11.0 Å². The lowest BCUT2D eigenvalue weighted by atomic mass is 9.80. The number of benzene rings is 1. The Bertz CT molecular complexity index is 467. The molecule has 1 aromatic carbocycles. The maximum atomic E-state index is 12.3. The van der Waals surface area contributed by atoms with Gasteiger partial charge in [-0.25, -0.2) is 0 Å². The summed E-state index contributed by atoms with van der Waals surface area (Å²) in [4.78, 5) is 14.5. The van der Waals surface area contributed by atoms with Crippen LogP contribution in [0.5, 0.6) is 0 Å². The molecule has 2 rings (SSSR count). The largest absolute Gasteiger partial charge is 0.350 e. The number of carbonyl (C=O) groups excluding carboxylic acids is 1. The Kier molecular flexibility index (Phi) is 5.22. The van der Waals surface area contributed by atoms with E-state index in [1.54, 1.807) is 0 Å². The van der Waals surface area contributed by atoms with E-state index >= 15 is 0 Å². The molecule has 0 spiro atoms. The van der Waals surface area contributed by atoms with E-state index in [0.29, 0.717) is 5.56 Å². The van der Waals surface area contributed by atoms with Crippen LogP contribution in [0.25, 0.3) is 0 Å². The average molecular weight is 339 g/mol. The molecule has 0 unspecified atom stereocenters. The van der Waals surface area contributed by atoms with Gasteiger partial charge in [-0.1, -0.05) is 41.3 Å². The second-order valence-electron chi connectivity index (χ2n) is 5.87. The van der Waals surface area contributed by atoms with Gasteiger partial charge in [-0.05, 0) is 45.1 Å². The van der Waals surface area contributed by atoms with Crippen molar-refractivity contribution in [1.29, 1.82) is 0 Å². The van der Waals surface area contributed by atoms with Gasteiger partial charge in [0, 0.05) is 22.1 Å². The van der Waals surface area contributed by atoms with Crippen LogP contribution in [0.15, 0.2) is 28.7 Å². The molecular formula is C16H23BrN2O. The summed E-state index contributed by atoms with van der Waals surface area (Å²) in [7, 11) is 4.24.